The minimum absolute atomic E-state index is 0.321. The third-order valence-corrected chi connectivity index (χ3v) is 4.76. The molecule has 0 aromatic heterocycles. The zero-order chi connectivity index (χ0) is 15.3. The standard InChI is InChI=1S/C18H40NO/c1-5-7-8-9-10-11-12-13-14-15-16-19(3,4)18(6-2)17-20/h18,20H,5-17H2,1-4H3/q+1. The highest BCUT2D eigenvalue weighted by atomic mass is 16.3. The second-order valence-corrected chi connectivity index (χ2v) is 6.93. The zero-order valence-corrected chi connectivity index (χ0v) is 14.7. The van der Waals surface area contributed by atoms with Crippen molar-refractivity contribution in [3.8, 4) is 0 Å². The first-order chi connectivity index (χ1) is 9.58. The molecule has 0 heterocycles. The summed E-state index contributed by atoms with van der Waals surface area (Å²) < 4.78 is 0.976. The van der Waals surface area contributed by atoms with Crippen LogP contribution in [0.25, 0.3) is 0 Å². The molecular formula is C18H40NO+. The van der Waals surface area contributed by atoms with Crippen molar-refractivity contribution in [1.82, 2.24) is 0 Å². The van der Waals surface area contributed by atoms with Gasteiger partial charge in [0.05, 0.1) is 27.2 Å². The Bertz CT molecular complexity index is 200. The minimum atomic E-state index is 0.321. The first kappa shape index (κ1) is 19.9. The predicted octanol–water partition coefficient (Wildman–Crippen LogP) is 4.75. The first-order valence-electron chi connectivity index (χ1n) is 9.02. The van der Waals surface area contributed by atoms with Crippen LogP contribution in [0.4, 0.5) is 0 Å². The summed E-state index contributed by atoms with van der Waals surface area (Å²) >= 11 is 0. The smallest absolute Gasteiger partial charge is 0.112 e. The van der Waals surface area contributed by atoms with Gasteiger partial charge in [0.1, 0.15) is 6.04 Å². The van der Waals surface area contributed by atoms with Gasteiger partial charge in [-0.1, -0.05) is 65.2 Å². The van der Waals surface area contributed by atoms with Crippen molar-refractivity contribution in [3.63, 3.8) is 0 Å². The van der Waals surface area contributed by atoms with Crippen molar-refractivity contribution in [1.29, 1.82) is 0 Å². The highest BCUT2D eigenvalue weighted by Crippen LogP contribution is 2.14. The molecule has 1 unspecified atom stereocenters. The van der Waals surface area contributed by atoms with E-state index in [9.17, 15) is 5.11 Å². The van der Waals surface area contributed by atoms with Crippen molar-refractivity contribution in [3.05, 3.63) is 0 Å². The van der Waals surface area contributed by atoms with Gasteiger partial charge in [0.25, 0.3) is 0 Å². The summed E-state index contributed by atoms with van der Waals surface area (Å²) in [6.07, 6.45) is 15.0. The van der Waals surface area contributed by atoms with Crippen molar-refractivity contribution >= 4 is 0 Å². The fraction of sp³-hybridized carbons (Fsp3) is 1.00. The van der Waals surface area contributed by atoms with E-state index in [4.69, 9.17) is 0 Å². The predicted molar refractivity (Wildman–Crippen MR) is 90.0 cm³/mol. The van der Waals surface area contributed by atoms with Crippen LogP contribution < -0.4 is 0 Å². The molecule has 0 fully saturated rings. The third kappa shape index (κ3) is 9.77. The maximum atomic E-state index is 9.41. The van der Waals surface area contributed by atoms with Gasteiger partial charge in [-0.15, -0.1) is 0 Å². The van der Waals surface area contributed by atoms with E-state index < -0.39 is 0 Å². The monoisotopic (exact) mass is 286 g/mol. The largest absolute Gasteiger partial charge is 0.390 e. The van der Waals surface area contributed by atoms with Gasteiger partial charge in [-0.25, -0.2) is 0 Å². The lowest BCUT2D eigenvalue weighted by Gasteiger charge is -2.36. The molecule has 1 atom stereocenters. The second-order valence-electron chi connectivity index (χ2n) is 6.93. The van der Waals surface area contributed by atoms with E-state index in [1.165, 1.54) is 70.8 Å². The number of likely N-dealkylation sites (N-methyl/N-ethyl adjacent to an activating group) is 1. The molecule has 0 radical (unpaired) electrons. The molecule has 2 heteroatoms. The van der Waals surface area contributed by atoms with Crippen LogP contribution >= 0.6 is 0 Å². The van der Waals surface area contributed by atoms with Crippen LogP contribution in [0.2, 0.25) is 0 Å². The molecule has 0 aliphatic heterocycles. The molecule has 0 aliphatic carbocycles. The normalized spacial score (nSPS) is 13.7. The maximum absolute atomic E-state index is 9.41. The average molecular weight is 287 g/mol. The number of rotatable bonds is 14. The molecule has 0 amide bonds. The van der Waals surface area contributed by atoms with Crippen LogP contribution in [0.15, 0.2) is 0 Å². The molecule has 1 N–H and O–H groups in total. The molecule has 0 spiro atoms. The highest BCUT2D eigenvalue weighted by Gasteiger charge is 2.24. The van der Waals surface area contributed by atoms with Crippen molar-refractivity contribution in [2.24, 2.45) is 0 Å². The number of aliphatic hydroxyl groups is 1. The summed E-state index contributed by atoms with van der Waals surface area (Å²) in [5.41, 5.74) is 0. The van der Waals surface area contributed by atoms with Crippen LogP contribution in [0, 0.1) is 0 Å². The van der Waals surface area contributed by atoms with E-state index in [-0.39, 0.29) is 0 Å². The lowest BCUT2D eigenvalue weighted by Crippen LogP contribution is -2.50. The Morgan fingerprint density at radius 1 is 0.750 bits per heavy atom. The summed E-state index contributed by atoms with van der Waals surface area (Å²) in [4.78, 5) is 0. The minimum Gasteiger partial charge on any atom is -0.390 e. The number of quaternary nitrogens is 1. The molecular weight excluding hydrogens is 246 g/mol. The summed E-state index contributed by atoms with van der Waals surface area (Å²) in [5.74, 6) is 0. The van der Waals surface area contributed by atoms with Gasteiger partial charge in [0.15, 0.2) is 0 Å². The topological polar surface area (TPSA) is 20.2 Å². The number of hydrogen-bond acceptors (Lipinski definition) is 1. The molecule has 0 bridgehead atoms. The Balaban J connectivity index is 3.43. The second kappa shape index (κ2) is 12.6. The molecule has 20 heavy (non-hydrogen) atoms. The number of aliphatic hydroxyl groups excluding tert-OH is 1. The fourth-order valence-corrected chi connectivity index (χ4v) is 3.03. The van der Waals surface area contributed by atoms with Gasteiger partial charge in [-0.05, 0) is 19.3 Å². The maximum Gasteiger partial charge on any atom is 0.112 e. The van der Waals surface area contributed by atoms with Crippen molar-refractivity contribution < 1.29 is 9.59 Å². The molecule has 0 saturated heterocycles. The first-order valence-corrected chi connectivity index (χ1v) is 9.02. The summed E-state index contributed by atoms with van der Waals surface area (Å²) in [6, 6.07) is 0.411. The Morgan fingerprint density at radius 2 is 1.20 bits per heavy atom. The van der Waals surface area contributed by atoms with E-state index in [1.807, 2.05) is 0 Å². The van der Waals surface area contributed by atoms with E-state index in [0.29, 0.717) is 12.6 Å². The Kier molecular flexibility index (Phi) is 12.6. The molecule has 0 aromatic carbocycles. The van der Waals surface area contributed by atoms with Gasteiger partial charge < -0.3 is 9.59 Å². The van der Waals surface area contributed by atoms with Crippen LogP contribution in [0.1, 0.15) is 84.5 Å². The van der Waals surface area contributed by atoms with Crippen LogP contribution in [0.3, 0.4) is 0 Å². The molecule has 2 nitrogen and oxygen atoms in total. The lowest BCUT2D eigenvalue weighted by atomic mass is 10.1. The van der Waals surface area contributed by atoms with E-state index in [0.717, 1.165) is 10.9 Å². The summed E-state index contributed by atoms with van der Waals surface area (Å²) in [5, 5.41) is 9.41. The van der Waals surface area contributed by atoms with Crippen molar-refractivity contribution in [2.75, 3.05) is 27.2 Å². The van der Waals surface area contributed by atoms with E-state index >= 15 is 0 Å². The molecule has 122 valence electrons. The SMILES string of the molecule is CCCCCCCCCCCC[N+](C)(C)C(CC)CO. The van der Waals surface area contributed by atoms with Gasteiger partial charge in [0.2, 0.25) is 0 Å². The number of unbranched alkanes of at least 4 members (excludes halogenated alkanes) is 9. The lowest BCUT2D eigenvalue weighted by molar-refractivity contribution is -0.915. The number of hydrogen-bond donors (Lipinski definition) is 1. The van der Waals surface area contributed by atoms with Gasteiger partial charge in [-0.3, -0.25) is 0 Å². The van der Waals surface area contributed by atoms with Crippen molar-refractivity contribution in [2.45, 2.75) is 90.5 Å². The summed E-state index contributed by atoms with van der Waals surface area (Å²) in [6.45, 7) is 5.98. The summed E-state index contributed by atoms with van der Waals surface area (Å²) in [7, 11) is 4.52. The Morgan fingerprint density at radius 3 is 1.60 bits per heavy atom. The molecule has 0 saturated carbocycles. The average Bonchev–Trinajstić information content (AvgIpc) is 2.42. The fourth-order valence-electron chi connectivity index (χ4n) is 3.03. The van der Waals surface area contributed by atoms with Crippen LogP contribution in [0.5, 0.6) is 0 Å². The van der Waals surface area contributed by atoms with Crippen LogP contribution in [-0.2, 0) is 0 Å². The Labute approximate surface area is 128 Å². The van der Waals surface area contributed by atoms with Crippen LogP contribution in [-0.4, -0.2) is 42.9 Å². The van der Waals surface area contributed by atoms with E-state index in [1.54, 1.807) is 0 Å². The van der Waals surface area contributed by atoms with Gasteiger partial charge in [-0.2, -0.15) is 0 Å². The number of nitrogens with zero attached hydrogens (tertiary/aromatic N) is 1. The zero-order valence-electron chi connectivity index (χ0n) is 14.7. The van der Waals surface area contributed by atoms with Gasteiger partial charge >= 0.3 is 0 Å². The van der Waals surface area contributed by atoms with Gasteiger partial charge in [0, 0.05) is 0 Å². The highest BCUT2D eigenvalue weighted by molar-refractivity contribution is 4.54. The molecule has 0 aliphatic rings. The van der Waals surface area contributed by atoms with E-state index in [2.05, 4.69) is 27.9 Å². The molecule has 0 aromatic rings. The quantitative estimate of drug-likeness (QED) is 0.361. The third-order valence-electron chi connectivity index (χ3n) is 4.76. The Hall–Kier alpha value is -0.0800. The molecule has 0 rings (SSSR count).